The van der Waals surface area contributed by atoms with Crippen molar-refractivity contribution in [1.82, 2.24) is 5.32 Å². The molecule has 31 heavy (non-hydrogen) atoms. The molecule has 0 aliphatic heterocycles. The number of hydrogen-bond acceptors (Lipinski definition) is 9. The topological polar surface area (TPSA) is 150 Å². The van der Waals surface area contributed by atoms with Crippen molar-refractivity contribution in [3.8, 4) is 17.6 Å². The molecule has 0 saturated carbocycles. The number of rotatable bonds is 10. The van der Waals surface area contributed by atoms with Crippen molar-refractivity contribution in [2.45, 2.75) is 34.3 Å². The molecule has 0 aliphatic rings. The zero-order valence-electron chi connectivity index (χ0n) is 18.4. The minimum absolute atomic E-state index is 0.0400. The maximum absolute atomic E-state index is 12.2. The molecule has 0 aromatic heterocycles. The number of hydrogen-bond donors (Lipinski definition) is 1. The zero-order chi connectivity index (χ0) is 23.8. The highest BCUT2D eigenvalue weighted by molar-refractivity contribution is 5.77. The first-order valence-electron chi connectivity index (χ1n) is 9.29. The normalized spacial score (nSPS) is 11.1. The van der Waals surface area contributed by atoms with Crippen LogP contribution in [0.15, 0.2) is 12.1 Å². The minimum Gasteiger partial charge on any atom is -0.493 e. The Morgan fingerprint density at radius 1 is 1.13 bits per heavy atom. The predicted molar refractivity (Wildman–Crippen MR) is 109 cm³/mol. The maximum Gasteiger partial charge on any atom is 0.407 e. The third-order valence-electron chi connectivity index (χ3n) is 5.10. The van der Waals surface area contributed by atoms with Gasteiger partial charge < -0.3 is 24.3 Å². The summed E-state index contributed by atoms with van der Waals surface area (Å²) >= 11 is 0. The number of nitrogens with one attached hydrogen (secondary N) is 1. The Hall–Kier alpha value is -3.55. The van der Waals surface area contributed by atoms with Crippen LogP contribution in [0, 0.1) is 32.3 Å². The van der Waals surface area contributed by atoms with Gasteiger partial charge in [-0.05, 0) is 33.8 Å². The molecule has 0 radical (unpaired) electrons. The number of nitriles is 1. The molecule has 170 valence electrons. The lowest BCUT2D eigenvalue weighted by atomic mass is 9.69. The molecule has 1 aromatic carbocycles. The number of nitrogens with zero attached hydrogens (tertiary/aromatic N) is 2. The number of ether oxygens (including phenoxy) is 4. The number of esters is 1. The van der Waals surface area contributed by atoms with Crippen LogP contribution in [-0.2, 0) is 20.9 Å². The maximum atomic E-state index is 12.2. The number of nitro benzene ring substituents is 1. The Kier molecular flexibility index (Phi) is 8.61. The first kappa shape index (κ1) is 25.5. The fraction of sp³-hybridized carbons (Fsp3) is 0.550. The largest absolute Gasteiger partial charge is 0.493 e. The lowest BCUT2D eigenvalue weighted by Gasteiger charge is -2.33. The molecule has 0 atom stereocenters. The van der Waals surface area contributed by atoms with Crippen molar-refractivity contribution < 1.29 is 33.5 Å². The number of nitro groups is 1. The van der Waals surface area contributed by atoms with E-state index in [-0.39, 0.29) is 42.5 Å². The molecule has 0 saturated heterocycles. The van der Waals surface area contributed by atoms with Gasteiger partial charge in [0.1, 0.15) is 13.2 Å². The number of carbonyl (C=O) groups is 2. The monoisotopic (exact) mass is 437 g/mol. The van der Waals surface area contributed by atoms with Crippen LogP contribution in [0.2, 0.25) is 0 Å². The summed E-state index contributed by atoms with van der Waals surface area (Å²) in [5, 5.41) is 22.9. The van der Waals surface area contributed by atoms with Crippen molar-refractivity contribution in [2.75, 3.05) is 27.4 Å². The van der Waals surface area contributed by atoms with Crippen LogP contribution in [0.1, 0.15) is 33.3 Å². The lowest BCUT2D eigenvalue weighted by molar-refractivity contribution is -0.385. The van der Waals surface area contributed by atoms with Gasteiger partial charge in [0.2, 0.25) is 0 Å². The summed E-state index contributed by atoms with van der Waals surface area (Å²) in [6.45, 7) is 5.93. The zero-order valence-corrected chi connectivity index (χ0v) is 18.4. The molecule has 11 heteroatoms. The summed E-state index contributed by atoms with van der Waals surface area (Å²) in [6.07, 6.45) is -0.850. The third-order valence-corrected chi connectivity index (χ3v) is 5.10. The predicted octanol–water partition coefficient (Wildman–Crippen LogP) is 2.96. The first-order valence-corrected chi connectivity index (χ1v) is 9.29. The highest BCUT2D eigenvalue weighted by Gasteiger charge is 2.44. The molecule has 0 fully saturated rings. The van der Waals surface area contributed by atoms with Crippen LogP contribution < -0.4 is 14.8 Å². The van der Waals surface area contributed by atoms with Gasteiger partial charge >= 0.3 is 12.1 Å². The first-order chi connectivity index (χ1) is 14.4. The Morgan fingerprint density at radius 2 is 1.71 bits per heavy atom. The van der Waals surface area contributed by atoms with Crippen LogP contribution >= 0.6 is 0 Å². The van der Waals surface area contributed by atoms with E-state index in [0.29, 0.717) is 0 Å². The Balaban J connectivity index is 2.61. The second kappa shape index (κ2) is 10.5. The van der Waals surface area contributed by atoms with Crippen LogP contribution in [0.5, 0.6) is 11.5 Å². The van der Waals surface area contributed by atoms with Crippen LogP contribution in [-0.4, -0.2) is 44.4 Å². The Labute approximate surface area is 180 Å². The Bertz CT molecular complexity index is 874. The molecule has 0 unspecified atom stereocenters. The van der Waals surface area contributed by atoms with E-state index >= 15 is 0 Å². The summed E-state index contributed by atoms with van der Waals surface area (Å²) in [6, 6.07) is 4.61. The number of amides is 1. The molecule has 0 heterocycles. The van der Waals surface area contributed by atoms with E-state index in [9.17, 15) is 25.0 Å². The smallest absolute Gasteiger partial charge is 0.407 e. The quantitative estimate of drug-likeness (QED) is 0.252. The fourth-order valence-electron chi connectivity index (χ4n) is 2.26. The average Bonchev–Trinajstić information content (AvgIpc) is 2.73. The number of alkyl carbamates (subject to hydrolysis) is 1. The van der Waals surface area contributed by atoms with Crippen molar-refractivity contribution in [2.24, 2.45) is 10.8 Å². The molecular formula is C20H27N3O8. The van der Waals surface area contributed by atoms with Crippen LogP contribution in [0.3, 0.4) is 0 Å². The van der Waals surface area contributed by atoms with E-state index in [2.05, 4.69) is 11.4 Å². The van der Waals surface area contributed by atoms with Gasteiger partial charge in [-0.25, -0.2) is 4.79 Å². The third kappa shape index (κ3) is 6.21. The minimum atomic E-state index is -1.05. The lowest BCUT2D eigenvalue weighted by Crippen LogP contribution is -2.41. The summed E-state index contributed by atoms with van der Waals surface area (Å²) in [5.41, 5.74) is -2.16. The van der Waals surface area contributed by atoms with Gasteiger partial charge in [0.15, 0.2) is 11.5 Å². The van der Waals surface area contributed by atoms with E-state index in [4.69, 9.17) is 18.9 Å². The molecule has 0 bridgehead atoms. The Morgan fingerprint density at radius 3 is 2.23 bits per heavy atom. The van der Waals surface area contributed by atoms with Gasteiger partial charge in [0, 0.05) is 0 Å². The molecule has 1 aromatic rings. The van der Waals surface area contributed by atoms with E-state index in [1.165, 1.54) is 26.4 Å². The second-order valence-corrected chi connectivity index (χ2v) is 7.59. The van der Waals surface area contributed by atoms with Gasteiger partial charge in [0.05, 0.1) is 54.2 Å². The molecule has 1 N–H and O–H groups in total. The van der Waals surface area contributed by atoms with E-state index in [1.807, 2.05) is 0 Å². The van der Waals surface area contributed by atoms with Crippen molar-refractivity contribution in [3.05, 3.63) is 27.8 Å². The summed E-state index contributed by atoms with van der Waals surface area (Å²) in [5.74, 6) is -0.149. The van der Waals surface area contributed by atoms with Crippen LogP contribution in [0.4, 0.5) is 10.5 Å². The van der Waals surface area contributed by atoms with E-state index < -0.39 is 27.8 Å². The standard InChI is InChI=1S/C20H27N3O8/c1-19(2,12-21)20(3,4)17(24)30-8-7-22-18(25)31-11-13-9-15(28-5)16(29-6)10-14(13)23(26)27/h9-10H,7-8,11H2,1-6H3,(H,22,25). The van der Waals surface area contributed by atoms with Crippen molar-refractivity contribution in [1.29, 1.82) is 5.26 Å². The highest BCUT2D eigenvalue weighted by Crippen LogP contribution is 2.38. The van der Waals surface area contributed by atoms with Crippen molar-refractivity contribution >= 4 is 17.7 Å². The van der Waals surface area contributed by atoms with Gasteiger partial charge in [0.25, 0.3) is 5.69 Å². The van der Waals surface area contributed by atoms with Gasteiger partial charge in [-0.3, -0.25) is 14.9 Å². The van der Waals surface area contributed by atoms with Gasteiger partial charge in [-0.15, -0.1) is 0 Å². The van der Waals surface area contributed by atoms with E-state index in [1.54, 1.807) is 27.7 Å². The molecule has 0 spiro atoms. The van der Waals surface area contributed by atoms with Gasteiger partial charge in [-0.2, -0.15) is 5.26 Å². The number of methoxy groups -OCH3 is 2. The van der Waals surface area contributed by atoms with Crippen molar-refractivity contribution in [3.63, 3.8) is 0 Å². The summed E-state index contributed by atoms with van der Waals surface area (Å²) in [4.78, 5) is 34.8. The molecule has 11 nitrogen and oxygen atoms in total. The fourth-order valence-corrected chi connectivity index (χ4v) is 2.26. The molecule has 0 aliphatic carbocycles. The second-order valence-electron chi connectivity index (χ2n) is 7.59. The SMILES string of the molecule is COc1cc(COC(=O)NCCOC(=O)C(C)(C)C(C)(C)C#N)c([N+](=O)[O-])cc1OC. The number of benzene rings is 1. The molecule has 1 rings (SSSR count). The average molecular weight is 437 g/mol. The summed E-state index contributed by atoms with van der Waals surface area (Å²) in [7, 11) is 2.72. The van der Waals surface area contributed by atoms with E-state index in [0.717, 1.165) is 0 Å². The number of carbonyl (C=O) groups excluding carboxylic acids is 2. The molecular weight excluding hydrogens is 410 g/mol. The molecule has 1 amide bonds. The van der Waals surface area contributed by atoms with Gasteiger partial charge in [-0.1, -0.05) is 0 Å². The van der Waals surface area contributed by atoms with Crippen LogP contribution in [0.25, 0.3) is 0 Å². The summed E-state index contributed by atoms with van der Waals surface area (Å²) < 4.78 is 20.3. The highest BCUT2D eigenvalue weighted by atomic mass is 16.6.